The van der Waals surface area contributed by atoms with Crippen LogP contribution < -0.4 is 10.1 Å². The average Bonchev–Trinajstić information content (AvgIpc) is 2.80. The third-order valence-electron chi connectivity index (χ3n) is 3.06. The fourth-order valence-corrected chi connectivity index (χ4v) is 2.28. The van der Waals surface area contributed by atoms with Crippen molar-refractivity contribution < 1.29 is 14.5 Å². The molecule has 6 nitrogen and oxygen atoms in total. The molecular formula is C14H9ClN2O4. The molecule has 106 valence electrons. The molecule has 0 aromatic heterocycles. The Morgan fingerprint density at radius 1 is 1.24 bits per heavy atom. The smallest absolute Gasteiger partial charge is 0.271 e. The molecule has 0 saturated carbocycles. The number of nitrogens with zero attached hydrogens (tertiary/aromatic N) is 1. The van der Waals surface area contributed by atoms with E-state index in [1.54, 1.807) is 18.2 Å². The highest BCUT2D eigenvalue weighted by Gasteiger charge is 2.18. The second-order valence-electron chi connectivity index (χ2n) is 4.52. The van der Waals surface area contributed by atoms with Crippen LogP contribution in [0.4, 0.5) is 11.4 Å². The monoisotopic (exact) mass is 304 g/mol. The van der Waals surface area contributed by atoms with Gasteiger partial charge in [-0.1, -0.05) is 17.7 Å². The Bertz CT molecular complexity index is 761. The summed E-state index contributed by atoms with van der Waals surface area (Å²) >= 11 is 5.96. The third kappa shape index (κ3) is 2.66. The molecule has 1 heterocycles. The Labute approximate surface area is 124 Å². The molecular weight excluding hydrogens is 296 g/mol. The number of non-ortho nitro benzene ring substituents is 1. The number of halogens is 1. The molecule has 1 amide bonds. The van der Waals surface area contributed by atoms with Crippen molar-refractivity contribution >= 4 is 28.9 Å². The summed E-state index contributed by atoms with van der Waals surface area (Å²) in [6.45, 7) is 0. The van der Waals surface area contributed by atoms with Crippen LogP contribution in [0.15, 0.2) is 36.4 Å². The molecule has 0 spiro atoms. The lowest BCUT2D eigenvalue weighted by atomic mass is 10.1. The minimum atomic E-state index is -0.527. The molecule has 0 saturated heterocycles. The zero-order valence-electron chi connectivity index (χ0n) is 10.6. The molecule has 1 aliphatic rings. The lowest BCUT2D eigenvalue weighted by Gasteiger charge is -2.08. The molecule has 0 bridgehead atoms. The zero-order chi connectivity index (χ0) is 15.0. The van der Waals surface area contributed by atoms with Gasteiger partial charge in [0.15, 0.2) is 0 Å². The quantitative estimate of drug-likeness (QED) is 0.694. The fraction of sp³-hybridized carbons (Fsp3) is 0.0714. The lowest BCUT2D eigenvalue weighted by Crippen LogP contribution is -2.03. The number of amides is 1. The van der Waals surface area contributed by atoms with E-state index in [4.69, 9.17) is 16.3 Å². The van der Waals surface area contributed by atoms with E-state index in [1.807, 2.05) is 0 Å². The van der Waals surface area contributed by atoms with Crippen molar-refractivity contribution in [3.8, 4) is 11.5 Å². The number of anilines is 1. The van der Waals surface area contributed by atoms with Crippen molar-refractivity contribution in [2.45, 2.75) is 6.42 Å². The molecule has 0 radical (unpaired) electrons. The van der Waals surface area contributed by atoms with Crippen LogP contribution in [0.3, 0.4) is 0 Å². The molecule has 1 aliphatic heterocycles. The maximum atomic E-state index is 11.3. The summed E-state index contributed by atoms with van der Waals surface area (Å²) in [6, 6.07) is 9.19. The van der Waals surface area contributed by atoms with Crippen LogP contribution in [0.1, 0.15) is 5.56 Å². The number of nitrogens with one attached hydrogen (secondary N) is 1. The van der Waals surface area contributed by atoms with E-state index < -0.39 is 4.92 Å². The summed E-state index contributed by atoms with van der Waals surface area (Å²) in [5.41, 5.74) is 1.51. The van der Waals surface area contributed by atoms with Gasteiger partial charge in [-0.05, 0) is 17.7 Å². The van der Waals surface area contributed by atoms with E-state index in [2.05, 4.69) is 5.32 Å². The van der Waals surface area contributed by atoms with E-state index in [0.29, 0.717) is 23.6 Å². The highest BCUT2D eigenvalue weighted by Crippen LogP contribution is 2.34. The van der Waals surface area contributed by atoms with Crippen molar-refractivity contribution in [2.24, 2.45) is 0 Å². The minimum absolute atomic E-state index is 0.0597. The SMILES string of the molecule is O=C1Cc2ccc(Oc3ccc([N+](=O)[O-])cc3Cl)cc2N1. The number of rotatable bonds is 3. The fourth-order valence-electron chi connectivity index (χ4n) is 2.07. The summed E-state index contributed by atoms with van der Waals surface area (Å²) in [5.74, 6) is 0.744. The molecule has 2 aromatic rings. The van der Waals surface area contributed by atoms with Crippen LogP contribution in [0, 0.1) is 10.1 Å². The molecule has 21 heavy (non-hydrogen) atoms. The normalized spacial score (nSPS) is 12.7. The van der Waals surface area contributed by atoms with Crippen molar-refractivity contribution in [2.75, 3.05) is 5.32 Å². The molecule has 0 atom stereocenters. The number of ether oxygens (including phenoxy) is 1. The molecule has 3 rings (SSSR count). The first-order chi connectivity index (χ1) is 10.0. The number of carbonyl (C=O) groups excluding carboxylic acids is 1. The van der Waals surface area contributed by atoms with Crippen LogP contribution >= 0.6 is 11.6 Å². The highest BCUT2D eigenvalue weighted by molar-refractivity contribution is 6.32. The molecule has 0 aliphatic carbocycles. The van der Waals surface area contributed by atoms with Gasteiger partial charge in [-0.15, -0.1) is 0 Å². The van der Waals surface area contributed by atoms with E-state index in [9.17, 15) is 14.9 Å². The van der Waals surface area contributed by atoms with Crippen molar-refractivity contribution in [3.63, 3.8) is 0 Å². The van der Waals surface area contributed by atoms with Gasteiger partial charge in [-0.3, -0.25) is 14.9 Å². The predicted octanol–water partition coefficient (Wildman–Crippen LogP) is 3.54. The second kappa shape index (κ2) is 5.06. The molecule has 2 aromatic carbocycles. The van der Waals surface area contributed by atoms with Gasteiger partial charge in [-0.2, -0.15) is 0 Å². The van der Waals surface area contributed by atoms with E-state index in [-0.39, 0.29) is 16.6 Å². The molecule has 0 unspecified atom stereocenters. The predicted molar refractivity (Wildman–Crippen MR) is 77.0 cm³/mol. The first-order valence-corrected chi connectivity index (χ1v) is 6.45. The third-order valence-corrected chi connectivity index (χ3v) is 3.36. The summed E-state index contributed by atoms with van der Waals surface area (Å²) in [6.07, 6.45) is 0.355. The van der Waals surface area contributed by atoms with Gasteiger partial charge in [0.2, 0.25) is 5.91 Å². The van der Waals surface area contributed by atoms with Crippen molar-refractivity contribution in [1.29, 1.82) is 0 Å². The van der Waals surface area contributed by atoms with E-state index >= 15 is 0 Å². The lowest BCUT2D eigenvalue weighted by molar-refractivity contribution is -0.384. The largest absolute Gasteiger partial charge is 0.456 e. The number of fused-ring (bicyclic) bond motifs is 1. The van der Waals surface area contributed by atoms with Gasteiger partial charge in [0, 0.05) is 23.9 Å². The number of nitro benzene ring substituents is 1. The maximum Gasteiger partial charge on any atom is 0.271 e. The number of nitro groups is 1. The number of hydrogen-bond donors (Lipinski definition) is 1. The minimum Gasteiger partial charge on any atom is -0.456 e. The number of carbonyl (C=O) groups is 1. The summed E-state index contributed by atoms with van der Waals surface area (Å²) in [7, 11) is 0. The van der Waals surface area contributed by atoms with Crippen LogP contribution in [0.25, 0.3) is 0 Å². The van der Waals surface area contributed by atoms with Gasteiger partial charge < -0.3 is 10.1 Å². The first kappa shape index (κ1) is 13.4. The zero-order valence-corrected chi connectivity index (χ0v) is 11.4. The van der Waals surface area contributed by atoms with Gasteiger partial charge in [0.25, 0.3) is 5.69 Å². The van der Waals surface area contributed by atoms with Crippen LogP contribution in [-0.4, -0.2) is 10.8 Å². The van der Waals surface area contributed by atoms with E-state index in [1.165, 1.54) is 18.2 Å². The standard InChI is InChI=1S/C14H9ClN2O4/c15-11-6-9(17(19)20)2-4-13(11)21-10-3-1-8-5-14(18)16-12(8)7-10/h1-4,6-7H,5H2,(H,16,18). The van der Waals surface area contributed by atoms with Gasteiger partial charge in [0.05, 0.1) is 16.4 Å². The maximum absolute atomic E-state index is 11.3. The molecule has 0 fully saturated rings. The Kier molecular flexibility index (Phi) is 3.23. The first-order valence-electron chi connectivity index (χ1n) is 6.07. The Morgan fingerprint density at radius 2 is 2.05 bits per heavy atom. The summed E-state index contributed by atoms with van der Waals surface area (Å²) in [5, 5.41) is 13.5. The summed E-state index contributed by atoms with van der Waals surface area (Å²) in [4.78, 5) is 21.4. The Hall–Kier alpha value is -2.60. The van der Waals surface area contributed by atoms with Gasteiger partial charge in [-0.25, -0.2) is 0 Å². The second-order valence-corrected chi connectivity index (χ2v) is 4.93. The van der Waals surface area contributed by atoms with Gasteiger partial charge in [0.1, 0.15) is 11.5 Å². The van der Waals surface area contributed by atoms with Crippen LogP contribution in [-0.2, 0) is 11.2 Å². The van der Waals surface area contributed by atoms with Crippen LogP contribution in [0.2, 0.25) is 5.02 Å². The summed E-state index contributed by atoms with van der Waals surface area (Å²) < 4.78 is 5.60. The average molecular weight is 305 g/mol. The molecule has 7 heteroatoms. The Morgan fingerprint density at radius 3 is 2.76 bits per heavy atom. The highest BCUT2D eigenvalue weighted by atomic mass is 35.5. The van der Waals surface area contributed by atoms with Gasteiger partial charge >= 0.3 is 0 Å². The van der Waals surface area contributed by atoms with Crippen LogP contribution in [0.5, 0.6) is 11.5 Å². The van der Waals surface area contributed by atoms with Crippen molar-refractivity contribution in [1.82, 2.24) is 0 Å². The Balaban J connectivity index is 1.86. The molecule has 1 N–H and O–H groups in total. The van der Waals surface area contributed by atoms with E-state index in [0.717, 1.165) is 5.56 Å². The number of hydrogen-bond acceptors (Lipinski definition) is 4. The number of benzene rings is 2. The topological polar surface area (TPSA) is 81.5 Å². The van der Waals surface area contributed by atoms with Crippen molar-refractivity contribution in [3.05, 3.63) is 57.1 Å².